The van der Waals surface area contributed by atoms with Crippen molar-refractivity contribution in [3.05, 3.63) is 59.2 Å². The lowest BCUT2D eigenvalue weighted by Crippen LogP contribution is -2.11. The van der Waals surface area contributed by atoms with E-state index in [2.05, 4.69) is 0 Å². The van der Waals surface area contributed by atoms with Crippen molar-refractivity contribution >= 4 is 34.9 Å². The molecule has 0 spiro atoms. The molecule has 0 saturated heterocycles. The number of halogens is 1. The van der Waals surface area contributed by atoms with Crippen LogP contribution in [0.1, 0.15) is 33.2 Å². The summed E-state index contributed by atoms with van der Waals surface area (Å²) in [5.74, 6) is -0.0287. The van der Waals surface area contributed by atoms with Gasteiger partial charge in [-0.2, -0.15) is 0 Å². The standard InChI is InChI=1S/C17H13ClO2S/c1-10(18)17(20)11-6-7-15-12(8-11)9-14(19)13-4-2-3-5-16(13)21-15/h2-8,10H,9H2,1H3. The molecule has 21 heavy (non-hydrogen) atoms. The van der Waals surface area contributed by atoms with Crippen molar-refractivity contribution in [3.63, 3.8) is 0 Å². The third-order valence-electron chi connectivity index (χ3n) is 3.46. The Morgan fingerprint density at radius 1 is 1.19 bits per heavy atom. The van der Waals surface area contributed by atoms with Gasteiger partial charge in [0.25, 0.3) is 0 Å². The number of carbonyl (C=O) groups is 2. The number of benzene rings is 2. The summed E-state index contributed by atoms with van der Waals surface area (Å²) >= 11 is 7.43. The largest absolute Gasteiger partial charge is 0.294 e. The van der Waals surface area contributed by atoms with Crippen molar-refractivity contribution in [2.75, 3.05) is 0 Å². The lowest BCUT2D eigenvalue weighted by atomic mass is 9.99. The van der Waals surface area contributed by atoms with Crippen LogP contribution >= 0.6 is 23.4 Å². The smallest absolute Gasteiger partial charge is 0.180 e. The minimum Gasteiger partial charge on any atom is -0.294 e. The molecule has 0 N–H and O–H groups in total. The van der Waals surface area contributed by atoms with E-state index in [4.69, 9.17) is 11.6 Å². The van der Waals surface area contributed by atoms with Crippen LogP contribution in [0.5, 0.6) is 0 Å². The van der Waals surface area contributed by atoms with E-state index in [9.17, 15) is 9.59 Å². The summed E-state index contributed by atoms with van der Waals surface area (Å²) in [5, 5.41) is -0.561. The lowest BCUT2D eigenvalue weighted by molar-refractivity contribution is 0.0979. The number of Topliss-reactive ketones (excluding diaryl/α,β-unsaturated/α-hetero) is 2. The number of carbonyl (C=O) groups excluding carboxylic acids is 2. The molecule has 2 nitrogen and oxygen atoms in total. The first-order valence-electron chi connectivity index (χ1n) is 6.67. The van der Waals surface area contributed by atoms with E-state index < -0.39 is 5.38 Å². The number of ketones is 2. The monoisotopic (exact) mass is 316 g/mol. The second-order valence-corrected chi connectivity index (χ2v) is 6.74. The van der Waals surface area contributed by atoms with Gasteiger partial charge in [0.1, 0.15) is 0 Å². The molecule has 2 aromatic rings. The zero-order valence-corrected chi connectivity index (χ0v) is 13.0. The van der Waals surface area contributed by atoms with Gasteiger partial charge in [0.05, 0.1) is 5.38 Å². The van der Waals surface area contributed by atoms with Gasteiger partial charge < -0.3 is 0 Å². The van der Waals surface area contributed by atoms with Gasteiger partial charge in [-0.05, 0) is 30.7 Å². The molecule has 1 aliphatic heterocycles. The summed E-state index contributed by atoms with van der Waals surface area (Å²) in [5.41, 5.74) is 2.21. The molecule has 0 aliphatic carbocycles. The predicted molar refractivity (Wildman–Crippen MR) is 84.7 cm³/mol. The van der Waals surface area contributed by atoms with Crippen molar-refractivity contribution in [1.29, 1.82) is 0 Å². The molecule has 106 valence electrons. The highest BCUT2D eigenvalue weighted by Gasteiger charge is 2.21. The molecule has 0 saturated carbocycles. The molecule has 0 bridgehead atoms. The second kappa shape index (κ2) is 5.66. The van der Waals surface area contributed by atoms with E-state index >= 15 is 0 Å². The Bertz CT molecular complexity index is 737. The van der Waals surface area contributed by atoms with E-state index in [1.807, 2.05) is 30.3 Å². The van der Waals surface area contributed by atoms with Gasteiger partial charge in [-0.15, -0.1) is 11.6 Å². The highest BCUT2D eigenvalue weighted by molar-refractivity contribution is 7.99. The van der Waals surface area contributed by atoms with Crippen molar-refractivity contribution in [3.8, 4) is 0 Å². The molecular formula is C17H13ClO2S. The van der Waals surface area contributed by atoms with Gasteiger partial charge in [0, 0.05) is 27.3 Å². The topological polar surface area (TPSA) is 34.1 Å². The van der Waals surface area contributed by atoms with Crippen LogP contribution in [0.3, 0.4) is 0 Å². The third kappa shape index (κ3) is 2.76. The van der Waals surface area contributed by atoms with Crippen LogP contribution in [0, 0.1) is 0 Å². The first-order chi connectivity index (χ1) is 10.1. The minimum atomic E-state index is -0.561. The van der Waals surface area contributed by atoms with Crippen LogP contribution in [-0.2, 0) is 6.42 Å². The van der Waals surface area contributed by atoms with Crippen molar-refractivity contribution in [1.82, 2.24) is 0 Å². The Morgan fingerprint density at radius 3 is 2.71 bits per heavy atom. The van der Waals surface area contributed by atoms with Crippen LogP contribution < -0.4 is 0 Å². The Labute approximate surface area is 132 Å². The van der Waals surface area contributed by atoms with Crippen LogP contribution in [0.25, 0.3) is 0 Å². The van der Waals surface area contributed by atoms with Crippen LogP contribution in [0.4, 0.5) is 0 Å². The normalized spacial score (nSPS) is 14.9. The van der Waals surface area contributed by atoms with Crippen LogP contribution in [0.2, 0.25) is 0 Å². The SMILES string of the molecule is CC(Cl)C(=O)c1ccc2c(c1)CC(=O)c1ccccc1S2. The number of alkyl halides is 1. The maximum atomic E-state index is 12.4. The van der Waals surface area contributed by atoms with E-state index in [-0.39, 0.29) is 11.6 Å². The average Bonchev–Trinajstić information content (AvgIpc) is 2.61. The Morgan fingerprint density at radius 2 is 1.95 bits per heavy atom. The van der Waals surface area contributed by atoms with Gasteiger partial charge in [0.2, 0.25) is 0 Å². The summed E-state index contributed by atoms with van der Waals surface area (Å²) in [7, 11) is 0. The van der Waals surface area contributed by atoms with Crippen molar-refractivity contribution < 1.29 is 9.59 Å². The fourth-order valence-electron chi connectivity index (χ4n) is 2.37. The fourth-order valence-corrected chi connectivity index (χ4v) is 3.57. The van der Waals surface area contributed by atoms with Crippen LogP contribution in [0.15, 0.2) is 52.3 Å². The second-order valence-electron chi connectivity index (χ2n) is 5.00. The minimum absolute atomic E-state index is 0.0837. The van der Waals surface area contributed by atoms with Gasteiger partial charge in [-0.3, -0.25) is 9.59 Å². The number of rotatable bonds is 2. The molecular weight excluding hydrogens is 304 g/mol. The molecule has 1 atom stereocenters. The van der Waals surface area contributed by atoms with Crippen molar-refractivity contribution in [2.24, 2.45) is 0 Å². The molecule has 0 amide bonds. The Kier molecular flexibility index (Phi) is 3.87. The zero-order chi connectivity index (χ0) is 15.0. The summed E-state index contributed by atoms with van der Waals surface area (Å²) in [4.78, 5) is 26.3. The van der Waals surface area contributed by atoms with E-state index in [1.165, 1.54) is 0 Å². The maximum absolute atomic E-state index is 12.4. The molecule has 1 heterocycles. The fraction of sp³-hybridized carbons (Fsp3) is 0.176. The highest BCUT2D eigenvalue weighted by atomic mass is 35.5. The van der Waals surface area contributed by atoms with Gasteiger partial charge in [-0.1, -0.05) is 36.0 Å². The number of fused-ring (bicyclic) bond motifs is 2. The molecule has 0 radical (unpaired) electrons. The van der Waals surface area contributed by atoms with E-state index in [1.54, 1.807) is 30.8 Å². The molecule has 3 rings (SSSR count). The molecule has 0 fully saturated rings. The Balaban J connectivity index is 2.05. The number of hydrogen-bond donors (Lipinski definition) is 0. The van der Waals surface area contributed by atoms with Gasteiger partial charge in [-0.25, -0.2) is 0 Å². The van der Waals surface area contributed by atoms with Crippen molar-refractivity contribution in [2.45, 2.75) is 28.5 Å². The first-order valence-corrected chi connectivity index (χ1v) is 7.93. The third-order valence-corrected chi connectivity index (χ3v) is 4.86. The summed E-state index contributed by atoms with van der Waals surface area (Å²) < 4.78 is 0. The summed E-state index contributed by atoms with van der Waals surface area (Å²) in [6, 6.07) is 13.1. The van der Waals surface area contributed by atoms with Gasteiger partial charge >= 0.3 is 0 Å². The summed E-state index contributed by atoms with van der Waals surface area (Å²) in [6.07, 6.45) is 0.317. The Hall–Kier alpha value is -1.58. The molecule has 0 aromatic heterocycles. The average molecular weight is 317 g/mol. The quantitative estimate of drug-likeness (QED) is 0.609. The molecule has 1 unspecified atom stereocenters. The molecule has 1 aliphatic rings. The summed E-state index contributed by atoms with van der Waals surface area (Å²) in [6.45, 7) is 1.66. The lowest BCUT2D eigenvalue weighted by Gasteiger charge is -2.08. The first kappa shape index (κ1) is 14.4. The van der Waals surface area contributed by atoms with E-state index in [0.29, 0.717) is 12.0 Å². The zero-order valence-electron chi connectivity index (χ0n) is 11.4. The molecule has 2 aromatic carbocycles. The van der Waals surface area contributed by atoms with E-state index in [0.717, 1.165) is 20.9 Å². The number of hydrogen-bond acceptors (Lipinski definition) is 3. The van der Waals surface area contributed by atoms with Gasteiger partial charge in [0.15, 0.2) is 11.6 Å². The highest BCUT2D eigenvalue weighted by Crippen LogP contribution is 2.37. The maximum Gasteiger partial charge on any atom is 0.180 e. The predicted octanol–water partition coefficient (Wildman–Crippen LogP) is 4.39. The van der Waals surface area contributed by atoms with Crippen LogP contribution in [-0.4, -0.2) is 16.9 Å². The molecule has 4 heteroatoms.